The van der Waals surface area contributed by atoms with Crippen molar-refractivity contribution in [3.05, 3.63) is 161 Å². The molecule has 0 spiro atoms. The van der Waals surface area contributed by atoms with Crippen LogP contribution in [0, 0.1) is 0 Å². The largest absolute Gasteiger partial charge is 0.489 e. The zero-order valence-corrected chi connectivity index (χ0v) is 27.7. The molecule has 5 aromatic carbocycles. The molecule has 50 heavy (non-hydrogen) atoms. The van der Waals surface area contributed by atoms with Gasteiger partial charge in [-0.1, -0.05) is 109 Å². The van der Waals surface area contributed by atoms with Crippen LogP contribution in [0.2, 0.25) is 0 Å². The first kappa shape index (κ1) is 32.9. The molecular weight excluding hydrogens is 626 g/mol. The highest BCUT2D eigenvalue weighted by molar-refractivity contribution is 5.89. The van der Waals surface area contributed by atoms with E-state index in [2.05, 4.69) is 10.2 Å². The van der Waals surface area contributed by atoms with E-state index in [0.29, 0.717) is 25.3 Å². The predicted octanol–water partition coefficient (Wildman–Crippen LogP) is 6.11. The van der Waals surface area contributed by atoms with Crippen LogP contribution in [0.5, 0.6) is 5.75 Å². The average molecular weight is 668 g/mol. The maximum Gasteiger partial charge on any atom is 0.321 e. The fourth-order valence-electron chi connectivity index (χ4n) is 6.82. The van der Waals surface area contributed by atoms with Crippen molar-refractivity contribution in [1.82, 2.24) is 20.0 Å². The monoisotopic (exact) mass is 667 g/mol. The molecule has 1 aromatic heterocycles. The molecule has 9 nitrogen and oxygen atoms in total. The fraction of sp³-hybridized carbons (Fsp3) is 0.220. The predicted molar refractivity (Wildman–Crippen MR) is 194 cm³/mol. The third-order valence-corrected chi connectivity index (χ3v) is 9.54. The Hall–Kier alpha value is -5.64. The average Bonchev–Trinajstić information content (AvgIpc) is 3.51. The van der Waals surface area contributed by atoms with E-state index in [-0.39, 0.29) is 19.1 Å². The minimum Gasteiger partial charge on any atom is -0.489 e. The van der Waals surface area contributed by atoms with E-state index in [1.807, 2.05) is 133 Å². The molecule has 1 fully saturated rings. The number of nitrogens with zero attached hydrogens (tertiary/aromatic N) is 3. The van der Waals surface area contributed by atoms with E-state index in [1.54, 1.807) is 9.80 Å². The van der Waals surface area contributed by atoms with Gasteiger partial charge >= 0.3 is 6.03 Å². The number of urea groups is 1. The minimum atomic E-state index is -1.23. The summed E-state index contributed by atoms with van der Waals surface area (Å²) in [5.41, 5.74) is 11.6. The van der Waals surface area contributed by atoms with E-state index in [0.717, 1.165) is 44.5 Å². The maximum atomic E-state index is 15.0. The van der Waals surface area contributed by atoms with Crippen molar-refractivity contribution in [2.45, 2.75) is 56.8 Å². The molecule has 1 saturated heterocycles. The lowest BCUT2D eigenvalue weighted by molar-refractivity contribution is -0.0408. The SMILES string of the molecule is Nc1n[nH]c2ccc(CN3C(=O)N(Cc4ccc(OCc5ccccc5)cc4)[C@H](Cc4ccccc4)[C@H](O)[C@@H](O)[C@H]3Cc3ccccc3)cc12. The Balaban J connectivity index is 1.24. The number of nitrogen functional groups attached to an aromatic ring is 1. The molecule has 0 aliphatic carbocycles. The number of fused-ring (bicyclic) bond motifs is 1. The fourth-order valence-corrected chi connectivity index (χ4v) is 6.82. The van der Waals surface area contributed by atoms with Crippen LogP contribution in [0.25, 0.3) is 10.9 Å². The van der Waals surface area contributed by atoms with Gasteiger partial charge in [-0.25, -0.2) is 4.79 Å². The van der Waals surface area contributed by atoms with Gasteiger partial charge in [-0.2, -0.15) is 5.10 Å². The number of benzene rings is 5. The van der Waals surface area contributed by atoms with Gasteiger partial charge in [0.1, 0.15) is 24.6 Å². The topological polar surface area (TPSA) is 128 Å². The number of carbonyl (C=O) groups is 1. The zero-order chi connectivity index (χ0) is 34.5. The van der Waals surface area contributed by atoms with Crippen molar-refractivity contribution >= 4 is 22.8 Å². The van der Waals surface area contributed by atoms with Gasteiger partial charge in [0, 0.05) is 18.5 Å². The lowest BCUT2D eigenvalue weighted by atomic mass is 9.91. The molecule has 2 amide bonds. The van der Waals surface area contributed by atoms with E-state index < -0.39 is 24.3 Å². The van der Waals surface area contributed by atoms with Crippen LogP contribution < -0.4 is 10.5 Å². The first-order valence-corrected chi connectivity index (χ1v) is 16.9. The second-order valence-corrected chi connectivity index (χ2v) is 12.9. The summed E-state index contributed by atoms with van der Waals surface area (Å²) in [5.74, 6) is 1.09. The summed E-state index contributed by atoms with van der Waals surface area (Å²) in [7, 11) is 0. The number of nitrogens with one attached hydrogen (secondary N) is 1. The van der Waals surface area contributed by atoms with Gasteiger partial charge in [-0.3, -0.25) is 5.10 Å². The second kappa shape index (κ2) is 14.9. The van der Waals surface area contributed by atoms with Gasteiger partial charge in [-0.05, 0) is 64.9 Å². The molecule has 254 valence electrons. The summed E-state index contributed by atoms with van der Waals surface area (Å²) in [5, 5.41) is 31.9. The molecule has 7 rings (SSSR count). The summed E-state index contributed by atoms with van der Waals surface area (Å²) >= 11 is 0. The number of aliphatic hydroxyl groups is 2. The first-order valence-electron chi connectivity index (χ1n) is 16.9. The van der Waals surface area contributed by atoms with Crippen molar-refractivity contribution in [3.8, 4) is 5.75 Å². The number of carbonyl (C=O) groups excluding carboxylic acids is 1. The van der Waals surface area contributed by atoms with E-state index in [4.69, 9.17) is 10.5 Å². The van der Waals surface area contributed by atoms with Crippen molar-refractivity contribution in [1.29, 1.82) is 0 Å². The molecule has 9 heteroatoms. The van der Waals surface area contributed by atoms with Crippen molar-refractivity contribution < 1.29 is 19.7 Å². The lowest BCUT2D eigenvalue weighted by Crippen LogP contribution is -2.50. The number of aromatic amines is 1. The maximum absolute atomic E-state index is 15.0. The quantitative estimate of drug-likeness (QED) is 0.132. The molecule has 0 saturated carbocycles. The minimum absolute atomic E-state index is 0.196. The highest BCUT2D eigenvalue weighted by Crippen LogP contribution is 2.31. The van der Waals surface area contributed by atoms with Crippen molar-refractivity contribution in [2.24, 2.45) is 0 Å². The smallest absolute Gasteiger partial charge is 0.321 e. The van der Waals surface area contributed by atoms with Crippen molar-refractivity contribution in [3.63, 3.8) is 0 Å². The number of H-pyrrole nitrogens is 1. The van der Waals surface area contributed by atoms with Gasteiger partial charge in [0.05, 0.1) is 17.6 Å². The molecule has 0 bridgehead atoms. The van der Waals surface area contributed by atoms with E-state index in [1.165, 1.54) is 0 Å². The van der Waals surface area contributed by atoms with Crippen molar-refractivity contribution in [2.75, 3.05) is 5.73 Å². The molecule has 0 radical (unpaired) electrons. The third kappa shape index (κ3) is 7.34. The number of aromatic nitrogens is 2. The molecule has 1 aliphatic heterocycles. The van der Waals surface area contributed by atoms with Gasteiger partial charge in [-0.15, -0.1) is 0 Å². The summed E-state index contributed by atoms with van der Waals surface area (Å²) in [6, 6.07) is 41.3. The number of anilines is 1. The normalized spacial score (nSPS) is 19.4. The van der Waals surface area contributed by atoms with Gasteiger partial charge in [0.2, 0.25) is 0 Å². The lowest BCUT2D eigenvalue weighted by Gasteiger charge is -2.36. The van der Waals surface area contributed by atoms with Crippen LogP contribution in [-0.2, 0) is 32.5 Å². The highest BCUT2D eigenvalue weighted by Gasteiger charge is 2.46. The van der Waals surface area contributed by atoms with Crippen LogP contribution in [0.4, 0.5) is 10.6 Å². The Morgan fingerprint density at radius 1 is 0.640 bits per heavy atom. The van der Waals surface area contributed by atoms with Crippen LogP contribution >= 0.6 is 0 Å². The Kier molecular flexibility index (Phi) is 9.77. The number of rotatable bonds is 11. The molecular formula is C41H41N5O4. The number of hydrogen-bond acceptors (Lipinski definition) is 6. The number of aliphatic hydroxyl groups excluding tert-OH is 2. The molecule has 0 unspecified atom stereocenters. The summed E-state index contributed by atoms with van der Waals surface area (Å²) in [6.07, 6.45) is -1.72. The Morgan fingerprint density at radius 2 is 1.14 bits per heavy atom. The Labute approximate surface area is 291 Å². The summed E-state index contributed by atoms with van der Waals surface area (Å²) < 4.78 is 6.02. The molecule has 5 N–H and O–H groups in total. The Morgan fingerprint density at radius 3 is 1.70 bits per heavy atom. The summed E-state index contributed by atoms with van der Waals surface area (Å²) in [6.45, 7) is 0.866. The number of nitrogens with two attached hydrogens (primary N) is 1. The number of hydrogen-bond donors (Lipinski definition) is 4. The number of amides is 2. The molecule has 2 heterocycles. The van der Waals surface area contributed by atoms with Gasteiger partial charge < -0.3 is 30.5 Å². The number of ether oxygens (including phenoxy) is 1. The molecule has 4 atom stereocenters. The van der Waals surface area contributed by atoms with Crippen LogP contribution in [0.1, 0.15) is 27.8 Å². The van der Waals surface area contributed by atoms with Crippen LogP contribution in [0.3, 0.4) is 0 Å². The Bertz CT molecular complexity index is 2000. The third-order valence-electron chi connectivity index (χ3n) is 9.54. The van der Waals surface area contributed by atoms with E-state index >= 15 is 4.79 Å². The molecule has 1 aliphatic rings. The standard InChI is InChI=1S/C41H41N5O4/c42-40-34-22-32(18-21-35(34)43-44-40)26-46-37(24-29-12-6-2-7-13-29)39(48)38(47)36(23-28-10-4-1-5-11-28)45(41(46)49)25-30-16-19-33(20-17-30)50-27-31-14-8-3-9-15-31/h1-22,36-39,47-48H,23-27H2,(H3,42,43,44)/t36-,37-,38+,39+/m1/s1. The van der Waals surface area contributed by atoms with Crippen LogP contribution in [0.15, 0.2) is 133 Å². The second-order valence-electron chi connectivity index (χ2n) is 12.9. The first-order chi connectivity index (χ1) is 24.4. The highest BCUT2D eigenvalue weighted by atomic mass is 16.5. The van der Waals surface area contributed by atoms with Crippen LogP contribution in [-0.4, -0.2) is 60.5 Å². The van der Waals surface area contributed by atoms with Gasteiger partial charge in [0.15, 0.2) is 5.82 Å². The summed E-state index contributed by atoms with van der Waals surface area (Å²) in [4.78, 5) is 18.4. The van der Waals surface area contributed by atoms with Gasteiger partial charge in [0.25, 0.3) is 0 Å². The van der Waals surface area contributed by atoms with E-state index in [9.17, 15) is 10.2 Å². The zero-order valence-electron chi connectivity index (χ0n) is 27.7. The molecule has 6 aromatic rings.